The van der Waals surface area contributed by atoms with Gasteiger partial charge in [-0.2, -0.15) is 0 Å². The highest BCUT2D eigenvalue weighted by Crippen LogP contribution is 2.21. The topological polar surface area (TPSA) is 46.9 Å². The van der Waals surface area contributed by atoms with Gasteiger partial charge in [-0.15, -0.1) is 11.3 Å². The van der Waals surface area contributed by atoms with Gasteiger partial charge >= 0.3 is 0 Å². The molecule has 4 nitrogen and oxygen atoms in total. The van der Waals surface area contributed by atoms with Gasteiger partial charge in [0.1, 0.15) is 5.69 Å². The minimum atomic E-state index is -0.107. The molecule has 0 bridgehead atoms. The van der Waals surface area contributed by atoms with Crippen molar-refractivity contribution >= 4 is 33.2 Å². The van der Waals surface area contributed by atoms with Gasteiger partial charge in [-0.3, -0.25) is 4.79 Å². The van der Waals surface area contributed by atoms with Gasteiger partial charge in [0.15, 0.2) is 0 Å². The third-order valence-corrected chi connectivity index (χ3v) is 3.72. The molecule has 0 aliphatic rings. The Balaban J connectivity index is 1.96. The molecule has 0 saturated carbocycles. The van der Waals surface area contributed by atoms with E-state index >= 15 is 0 Å². The second-order valence-corrected chi connectivity index (χ2v) is 5.83. The van der Waals surface area contributed by atoms with E-state index in [0.29, 0.717) is 12.2 Å². The van der Waals surface area contributed by atoms with E-state index in [1.54, 1.807) is 35.5 Å². The number of imidazole rings is 1. The number of rotatable bonds is 3. The summed E-state index contributed by atoms with van der Waals surface area (Å²) in [5.74, 6) is -0.107. The van der Waals surface area contributed by atoms with Crippen LogP contribution in [0, 0.1) is 0 Å². The van der Waals surface area contributed by atoms with Gasteiger partial charge < -0.3 is 9.88 Å². The first kappa shape index (κ1) is 11.3. The summed E-state index contributed by atoms with van der Waals surface area (Å²) in [6, 6.07) is 3.95. The van der Waals surface area contributed by atoms with E-state index in [2.05, 4.69) is 26.2 Å². The van der Waals surface area contributed by atoms with Gasteiger partial charge in [-0.1, -0.05) is 0 Å². The fraction of sp³-hybridized carbons (Fsp3) is 0.200. The number of carbonyl (C=O) groups is 1. The normalized spacial score (nSPS) is 10.4. The van der Waals surface area contributed by atoms with E-state index in [4.69, 9.17) is 0 Å². The van der Waals surface area contributed by atoms with Crippen molar-refractivity contribution in [1.82, 2.24) is 14.9 Å². The quantitative estimate of drug-likeness (QED) is 0.944. The van der Waals surface area contributed by atoms with Crippen LogP contribution in [0.1, 0.15) is 15.4 Å². The van der Waals surface area contributed by atoms with E-state index in [9.17, 15) is 4.79 Å². The lowest BCUT2D eigenvalue weighted by Crippen LogP contribution is -2.24. The number of amides is 1. The number of hydrogen-bond acceptors (Lipinski definition) is 3. The summed E-state index contributed by atoms with van der Waals surface area (Å²) in [6.07, 6.45) is 3.16. The van der Waals surface area contributed by atoms with Gasteiger partial charge in [0.25, 0.3) is 5.91 Å². The molecule has 84 valence electrons. The third-order valence-electron chi connectivity index (χ3n) is 2.10. The lowest BCUT2D eigenvalue weighted by molar-refractivity contribution is 0.0943. The zero-order valence-corrected chi connectivity index (χ0v) is 11.0. The first-order chi connectivity index (χ1) is 7.66. The summed E-state index contributed by atoms with van der Waals surface area (Å²) in [6.45, 7) is 0.542. The molecule has 2 rings (SSSR count). The van der Waals surface area contributed by atoms with Crippen molar-refractivity contribution in [3.05, 3.63) is 39.0 Å². The van der Waals surface area contributed by atoms with Crippen molar-refractivity contribution in [1.29, 1.82) is 0 Å². The summed E-state index contributed by atoms with van der Waals surface area (Å²) in [4.78, 5) is 16.7. The molecule has 0 aliphatic heterocycles. The Morgan fingerprint density at radius 1 is 1.62 bits per heavy atom. The molecule has 2 aromatic rings. The fourth-order valence-electron chi connectivity index (χ4n) is 1.28. The largest absolute Gasteiger partial charge is 0.346 e. The van der Waals surface area contributed by atoms with E-state index in [1.807, 2.05) is 12.1 Å². The molecular formula is C10H10BrN3OS. The summed E-state index contributed by atoms with van der Waals surface area (Å²) >= 11 is 4.99. The Kier molecular flexibility index (Phi) is 3.40. The van der Waals surface area contributed by atoms with Crippen molar-refractivity contribution in [3.8, 4) is 0 Å². The molecule has 0 spiro atoms. The van der Waals surface area contributed by atoms with Crippen LogP contribution in [0.5, 0.6) is 0 Å². The minimum Gasteiger partial charge on any atom is -0.346 e. The maximum absolute atomic E-state index is 11.7. The number of hydrogen-bond donors (Lipinski definition) is 1. The number of thiophene rings is 1. The molecule has 1 amide bonds. The second-order valence-electron chi connectivity index (χ2n) is 3.28. The van der Waals surface area contributed by atoms with Crippen molar-refractivity contribution in [2.45, 2.75) is 6.54 Å². The first-order valence-corrected chi connectivity index (χ1v) is 6.26. The maximum atomic E-state index is 11.7. The van der Waals surface area contributed by atoms with E-state index in [0.717, 1.165) is 8.66 Å². The van der Waals surface area contributed by atoms with Crippen LogP contribution in [0.4, 0.5) is 0 Å². The van der Waals surface area contributed by atoms with Gasteiger partial charge in [0.05, 0.1) is 22.9 Å². The van der Waals surface area contributed by atoms with Crippen LogP contribution in [0.2, 0.25) is 0 Å². The number of nitrogens with zero attached hydrogens (tertiary/aromatic N) is 2. The average Bonchev–Trinajstić information content (AvgIpc) is 2.84. The molecule has 0 atom stereocenters. The van der Waals surface area contributed by atoms with Crippen LogP contribution >= 0.6 is 27.3 Å². The highest BCUT2D eigenvalue weighted by atomic mass is 79.9. The highest BCUT2D eigenvalue weighted by Gasteiger charge is 2.09. The van der Waals surface area contributed by atoms with Crippen LogP contribution in [0.25, 0.3) is 0 Å². The average molecular weight is 300 g/mol. The van der Waals surface area contributed by atoms with Crippen LogP contribution in [0.3, 0.4) is 0 Å². The smallest absolute Gasteiger partial charge is 0.269 e. The molecule has 0 unspecified atom stereocenters. The summed E-state index contributed by atoms with van der Waals surface area (Å²) in [5, 5.41) is 2.85. The number of aromatic nitrogens is 2. The standard InChI is InChI=1S/C10H10BrN3OS/c1-14-6-12-5-8(14)10(15)13-4-7-2-3-9(11)16-7/h2-3,5-6H,4H2,1H3,(H,13,15). The van der Waals surface area contributed by atoms with Crippen LogP contribution < -0.4 is 5.32 Å². The highest BCUT2D eigenvalue weighted by molar-refractivity contribution is 9.11. The molecule has 6 heteroatoms. The van der Waals surface area contributed by atoms with E-state index < -0.39 is 0 Å². The van der Waals surface area contributed by atoms with E-state index in [1.165, 1.54) is 0 Å². The first-order valence-electron chi connectivity index (χ1n) is 4.65. The monoisotopic (exact) mass is 299 g/mol. The predicted octanol–water partition coefficient (Wildman–Crippen LogP) is 2.17. The Labute approximate surface area is 105 Å². The van der Waals surface area contributed by atoms with Crippen molar-refractivity contribution in [2.24, 2.45) is 7.05 Å². The number of nitrogens with one attached hydrogen (secondary N) is 1. The molecular weight excluding hydrogens is 290 g/mol. The molecule has 2 heterocycles. The second kappa shape index (κ2) is 4.80. The van der Waals surface area contributed by atoms with Gasteiger partial charge in [-0.25, -0.2) is 4.98 Å². The molecule has 0 aromatic carbocycles. The number of halogens is 1. The number of aryl methyl sites for hydroxylation is 1. The number of carbonyl (C=O) groups excluding carboxylic acids is 1. The van der Waals surface area contributed by atoms with Crippen molar-refractivity contribution in [2.75, 3.05) is 0 Å². The Morgan fingerprint density at radius 3 is 3.00 bits per heavy atom. The molecule has 1 N–H and O–H groups in total. The molecule has 0 aliphatic carbocycles. The summed E-state index contributed by atoms with van der Waals surface area (Å²) in [5.41, 5.74) is 0.565. The maximum Gasteiger partial charge on any atom is 0.269 e. The molecule has 0 saturated heterocycles. The van der Waals surface area contributed by atoms with Gasteiger partial charge in [0.2, 0.25) is 0 Å². The zero-order chi connectivity index (χ0) is 11.5. The Hall–Kier alpha value is -1.14. The fourth-order valence-corrected chi connectivity index (χ4v) is 2.70. The minimum absolute atomic E-state index is 0.107. The lowest BCUT2D eigenvalue weighted by atomic mass is 10.4. The van der Waals surface area contributed by atoms with Gasteiger partial charge in [-0.05, 0) is 28.1 Å². The van der Waals surface area contributed by atoms with Crippen molar-refractivity contribution < 1.29 is 4.79 Å². The molecule has 0 fully saturated rings. The van der Waals surface area contributed by atoms with Gasteiger partial charge in [0, 0.05) is 11.9 Å². The van der Waals surface area contributed by atoms with E-state index in [-0.39, 0.29) is 5.91 Å². The summed E-state index contributed by atoms with van der Waals surface area (Å²) < 4.78 is 2.76. The lowest BCUT2D eigenvalue weighted by Gasteiger charge is -2.03. The zero-order valence-electron chi connectivity index (χ0n) is 8.61. The third kappa shape index (κ3) is 2.51. The Morgan fingerprint density at radius 2 is 2.44 bits per heavy atom. The molecule has 2 aromatic heterocycles. The molecule has 16 heavy (non-hydrogen) atoms. The SMILES string of the molecule is Cn1cncc1C(=O)NCc1ccc(Br)s1. The summed E-state index contributed by atoms with van der Waals surface area (Å²) in [7, 11) is 1.80. The van der Waals surface area contributed by atoms with Crippen LogP contribution in [-0.4, -0.2) is 15.5 Å². The Bertz CT molecular complexity index is 506. The molecule has 0 radical (unpaired) electrons. The van der Waals surface area contributed by atoms with Crippen molar-refractivity contribution in [3.63, 3.8) is 0 Å². The van der Waals surface area contributed by atoms with Crippen LogP contribution in [0.15, 0.2) is 28.4 Å². The predicted molar refractivity (Wildman–Crippen MR) is 66.4 cm³/mol. The van der Waals surface area contributed by atoms with Crippen LogP contribution in [-0.2, 0) is 13.6 Å².